The Morgan fingerprint density at radius 2 is 2.11 bits per heavy atom. The molecule has 1 atom stereocenters. The first kappa shape index (κ1) is 14.1. The molecule has 0 bridgehead atoms. The minimum absolute atomic E-state index is 0.232. The number of hydrogen-bond acceptors (Lipinski definition) is 3. The van der Waals surface area contributed by atoms with E-state index in [2.05, 4.69) is 12.2 Å². The summed E-state index contributed by atoms with van der Waals surface area (Å²) in [4.78, 5) is 12.9. The predicted octanol–water partition coefficient (Wildman–Crippen LogP) is 3.03. The molecule has 1 aromatic carbocycles. The van der Waals surface area contributed by atoms with E-state index in [9.17, 15) is 4.79 Å². The van der Waals surface area contributed by atoms with Gasteiger partial charge in [-0.15, -0.1) is 0 Å². The number of ketones is 1. The molecule has 1 heterocycles. The van der Waals surface area contributed by atoms with Crippen LogP contribution < -0.4 is 10.1 Å². The van der Waals surface area contributed by atoms with Gasteiger partial charge in [0.25, 0.3) is 0 Å². The monoisotopic (exact) mass is 261 g/mol. The zero-order valence-corrected chi connectivity index (χ0v) is 12.3. The van der Waals surface area contributed by atoms with Crippen molar-refractivity contribution in [2.75, 3.05) is 13.7 Å². The van der Waals surface area contributed by atoms with Crippen molar-refractivity contribution >= 4 is 5.78 Å². The molecular weight excluding hydrogens is 238 g/mol. The number of Topliss-reactive ketones (excluding diaryl/α,β-unsaturated/α-hetero) is 1. The van der Waals surface area contributed by atoms with Gasteiger partial charge < -0.3 is 10.1 Å². The van der Waals surface area contributed by atoms with Gasteiger partial charge in [0.05, 0.1) is 12.6 Å². The Balaban J connectivity index is 2.41. The first-order chi connectivity index (χ1) is 9.04. The summed E-state index contributed by atoms with van der Waals surface area (Å²) in [5.74, 6) is 1.08. The highest BCUT2D eigenvalue weighted by atomic mass is 16.5. The lowest BCUT2D eigenvalue weighted by atomic mass is 9.83. The van der Waals surface area contributed by atoms with Gasteiger partial charge in [0, 0.05) is 5.56 Å². The van der Waals surface area contributed by atoms with Gasteiger partial charge in [-0.3, -0.25) is 4.79 Å². The summed E-state index contributed by atoms with van der Waals surface area (Å²) in [6, 6.07) is 3.93. The molecule has 0 aliphatic carbocycles. The lowest BCUT2D eigenvalue weighted by Crippen LogP contribution is -2.47. The van der Waals surface area contributed by atoms with E-state index in [1.165, 1.54) is 0 Å². The average Bonchev–Trinajstić information content (AvgIpc) is 2.90. The van der Waals surface area contributed by atoms with Crippen LogP contribution in [0.2, 0.25) is 0 Å². The predicted molar refractivity (Wildman–Crippen MR) is 77.1 cm³/mol. The fraction of sp³-hybridized carbons (Fsp3) is 0.562. The zero-order chi connectivity index (χ0) is 14.0. The number of carbonyl (C=O) groups is 1. The van der Waals surface area contributed by atoms with Crippen LogP contribution in [0.25, 0.3) is 0 Å². The van der Waals surface area contributed by atoms with Crippen molar-refractivity contribution in [1.82, 2.24) is 5.32 Å². The van der Waals surface area contributed by atoms with E-state index in [1.54, 1.807) is 7.11 Å². The minimum Gasteiger partial charge on any atom is -0.496 e. The third-order valence-corrected chi connectivity index (χ3v) is 4.27. The van der Waals surface area contributed by atoms with Crippen LogP contribution in [-0.4, -0.2) is 25.0 Å². The van der Waals surface area contributed by atoms with Crippen molar-refractivity contribution in [2.45, 2.75) is 45.6 Å². The van der Waals surface area contributed by atoms with E-state index >= 15 is 0 Å². The fourth-order valence-electron chi connectivity index (χ4n) is 2.97. The molecule has 1 N–H and O–H groups in total. The number of methoxy groups -OCH3 is 1. The van der Waals surface area contributed by atoms with Crippen molar-refractivity contribution in [2.24, 2.45) is 0 Å². The fourth-order valence-corrected chi connectivity index (χ4v) is 2.97. The van der Waals surface area contributed by atoms with Crippen LogP contribution >= 0.6 is 0 Å². The standard InChI is InChI=1S/C16H23NO2/c1-5-16(7-6-8-17-16)15(18)13-9-12(3)14(19-4)10-11(13)2/h9-10,17H,5-8H2,1-4H3. The molecule has 1 fully saturated rings. The highest BCUT2D eigenvalue weighted by molar-refractivity contribution is 6.04. The topological polar surface area (TPSA) is 38.3 Å². The van der Waals surface area contributed by atoms with Gasteiger partial charge >= 0.3 is 0 Å². The summed E-state index contributed by atoms with van der Waals surface area (Å²) in [6.45, 7) is 6.99. The van der Waals surface area contributed by atoms with Crippen LogP contribution in [0.5, 0.6) is 5.75 Å². The van der Waals surface area contributed by atoms with Crippen molar-refractivity contribution in [3.8, 4) is 5.75 Å². The molecule has 1 aromatic rings. The number of ether oxygens (including phenoxy) is 1. The Hall–Kier alpha value is -1.35. The number of carbonyl (C=O) groups excluding carboxylic acids is 1. The molecule has 0 spiro atoms. The quantitative estimate of drug-likeness (QED) is 0.847. The maximum absolute atomic E-state index is 12.9. The average molecular weight is 261 g/mol. The molecule has 104 valence electrons. The summed E-state index contributed by atoms with van der Waals surface area (Å²) in [7, 11) is 1.66. The number of benzene rings is 1. The Morgan fingerprint density at radius 1 is 1.37 bits per heavy atom. The van der Waals surface area contributed by atoms with Crippen molar-refractivity contribution in [3.63, 3.8) is 0 Å². The van der Waals surface area contributed by atoms with Crippen LogP contribution in [0, 0.1) is 13.8 Å². The van der Waals surface area contributed by atoms with Gasteiger partial charge in [-0.25, -0.2) is 0 Å². The third-order valence-electron chi connectivity index (χ3n) is 4.27. The second-order valence-corrected chi connectivity index (χ2v) is 5.43. The summed E-state index contributed by atoms with van der Waals surface area (Å²) >= 11 is 0. The highest BCUT2D eigenvalue weighted by Crippen LogP contribution is 2.31. The normalized spacial score (nSPS) is 22.5. The molecule has 2 rings (SSSR count). The Kier molecular flexibility index (Phi) is 3.95. The first-order valence-electron chi connectivity index (χ1n) is 6.99. The summed E-state index contributed by atoms with van der Waals surface area (Å²) in [5, 5.41) is 3.41. The van der Waals surface area contributed by atoms with Crippen LogP contribution in [0.15, 0.2) is 12.1 Å². The van der Waals surface area contributed by atoms with Gasteiger partial charge in [-0.1, -0.05) is 6.92 Å². The zero-order valence-electron chi connectivity index (χ0n) is 12.3. The van der Waals surface area contributed by atoms with E-state index in [0.717, 1.165) is 48.2 Å². The summed E-state index contributed by atoms with van der Waals surface area (Å²) in [6.07, 6.45) is 2.86. The maximum Gasteiger partial charge on any atom is 0.183 e. The molecular formula is C16H23NO2. The minimum atomic E-state index is -0.355. The van der Waals surface area contributed by atoms with Gasteiger partial charge in [-0.05, 0) is 62.9 Å². The number of rotatable bonds is 4. The molecule has 0 radical (unpaired) electrons. The molecule has 1 aliphatic rings. The molecule has 3 heteroatoms. The molecule has 3 nitrogen and oxygen atoms in total. The van der Waals surface area contributed by atoms with E-state index in [4.69, 9.17) is 4.74 Å². The molecule has 1 aliphatic heterocycles. The van der Waals surface area contributed by atoms with Crippen LogP contribution in [0.3, 0.4) is 0 Å². The highest BCUT2D eigenvalue weighted by Gasteiger charge is 2.40. The largest absolute Gasteiger partial charge is 0.496 e. The van der Waals surface area contributed by atoms with E-state index < -0.39 is 0 Å². The maximum atomic E-state index is 12.9. The molecule has 0 saturated carbocycles. The van der Waals surface area contributed by atoms with Crippen LogP contribution in [-0.2, 0) is 0 Å². The van der Waals surface area contributed by atoms with Gasteiger partial charge in [0.15, 0.2) is 5.78 Å². The van der Waals surface area contributed by atoms with Crippen LogP contribution in [0.4, 0.5) is 0 Å². The lowest BCUT2D eigenvalue weighted by Gasteiger charge is -2.27. The smallest absolute Gasteiger partial charge is 0.183 e. The summed E-state index contributed by atoms with van der Waals surface area (Å²) < 4.78 is 5.31. The van der Waals surface area contributed by atoms with Crippen molar-refractivity contribution in [3.05, 3.63) is 28.8 Å². The van der Waals surface area contributed by atoms with E-state index in [0.29, 0.717) is 0 Å². The summed E-state index contributed by atoms with van der Waals surface area (Å²) in [5.41, 5.74) is 2.48. The first-order valence-corrected chi connectivity index (χ1v) is 6.99. The van der Waals surface area contributed by atoms with Crippen molar-refractivity contribution in [1.29, 1.82) is 0 Å². The van der Waals surface area contributed by atoms with Crippen LogP contribution in [0.1, 0.15) is 47.7 Å². The van der Waals surface area contributed by atoms with E-state index in [-0.39, 0.29) is 11.3 Å². The van der Waals surface area contributed by atoms with Crippen molar-refractivity contribution < 1.29 is 9.53 Å². The molecule has 1 unspecified atom stereocenters. The Labute approximate surface area is 115 Å². The SMILES string of the molecule is CCC1(C(=O)c2cc(C)c(OC)cc2C)CCCN1. The second-order valence-electron chi connectivity index (χ2n) is 5.43. The Morgan fingerprint density at radius 3 is 2.63 bits per heavy atom. The second kappa shape index (κ2) is 5.33. The molecule has 1 saturated heterocycles. The number of aryl methyl sites for hydroxylation is 2. The number of hydrogen-bond donors (Lipinski definition) is 1. The Bertz CT molecular complexity index is 488. The van der Waals surface area contributed by atoms with Gasteiger partial charge in [0.1, 0.15) is 5.75 Å². The van der Waals surface area contributed by atoms with Gasteiger partial charge in [0.2, 0.25) is 0 Å². The van der Waals surface area contributed by atoms with E-state index in [1.807, 2.05) is 26.0 Å². The molecule has 0 aromatic heterocycles. The van der Waals surface area contributed by atoms with Gasteiger partial charge in [-0.2, -0.15) is 0 Å². The number of nitrogens with one attached hydrogen (secondary N) is 1. The third kappa shape index (κ3) is 2.39. The lowest BCUT2D eigenvalue weighted by molar-refractivity contribution is 0.0863. The molecule has 0 amide bonds. The molecule has 19 heavy (non-hydrogen) atoms.